The van der Waals surface area contributed by atoms with Crippen LogP contribution in [0.3, 0.4) is 0 Å². The maximum atomic E-state index is 13.2. The highest BCUT2D eigenvalue weighted by molar-refractivity contribution is 7.92. The zero-order valence-electron chi connectivity index (χ0n) is 14.7. The van der Waals surface area contributed by atoms with Gasteiger partial charge in [0.1, 0.15) is 10.6 Å². The molecule has 1 heterocycles. The molecule has 0 bridgehead atoms. The zero-order chi connectivity index (χ0) is 19.7. The molecule has 1 aromatic rings. The van der Waals surface area contributed by atoms with Crippen LogP contribution in [0.2, 0.25) is 0 Å². The molecule has 1 fully saturated rings. The van der Waals surface area contributed by atoms with Crippen LogP contribution < -0.4 is 10.1 Å². The minimum atomic E-state index is -4.19. The first-order valence-corrected chi connectivity index (χ1v) is 11.1. The molecule has 11 heteroatoms. The molecule has 1 aliphatic heterocycles. The number of amides is 1. The number of carbonyl (C=O) groups is 1. The van der Waals surface area contributed by atoms with Gasteiger partial charge in [-0.15, -0.1) is 0 Å². The van der Waals surface area contributed by atoms with Crippen LogP contribution in [0.1, 0.15) is 13.8 Å². The van der Waals surface area contributed by atoms with Crippen molar-refractivity contribution in [1.29, 1.82) is 0 Å². The number of nitrogens with zero attached hydrogens (tertiary/aromatic N) is 1. The number of nitrogens with one attached hydrogen (secondary N) is 1. The van der Waals surface area contributed by atoms with Crippen molar-refractivity contribution < 1.29 is 31.5 Å². The lowest BCUT2D eigenvalue weighted by molar-refractivity contribution is -0.114. The highest BCUT2D eigenvalue weighted by Crippen LogP contribution is 2.32. The molecule has 1 saturated heterocycles. The van der Waals surface area contributed by atoms with Gasteiger partial charge < -0.3 is 15.2 Å². The van der Waals surface area contributed by atoms with Crippen LogP contribution in [0.4, 0.5) is 5.69 Å². The van der Waals surface area contributed by atoms with Gasteiger partial charge >= 0.3 is 0 Å². The number of hydrogen-bond acceptors (Lipinski definition) is 7. The molecule has 0 spiro atoms. The Balaban J connectivity index is 2.52. The Kier molecular flexibility index (Phi) is 5.95. The van der Waals surface area contributed by atoms with Gasteiger partial charge in [0.25, 0.3) is 0 Å². The Hall–Kier alpha value is -1.69. The van der Waals surface area contributed by atoms with Crippen molar-refractivity contribution in [2.24, 2.45) is 0 Å². The average molecular weight is 406 g/mol. The van der Waals surface area contributed by atoms with E-state index in [1.54, 1.807) is 6.92 Å². The summed E-state index contributed by atoms with van der Waals surface area (Å²) in [6, 6.07) is 3.05. The molecule has 2 N–H and O–H groups in total. The molecule has 2 rings (SSSR count). The van der Waals surface area contributed by atoms with E-state index in [1.165, 1.54) is 32.2 Å². The number of aliphatic hydroxyl groups excluding tert-OH is 1. The monoisotopic (exact) mass is 406 g/mol. The van der Waals surface area contributed by atoms with Gasteiger partial charge in [-0.2, -0.15) is 4.31 Å². The molecular weight excluding hydrogens is 384 g/mol. The molecule has 2 atom stereocenters. The normalized spacial score (nSPS) is 22.3. The fourth-order valence-corrected chi connectivity index (χ4v) is 6.69. The number of benzene rings is 1. The molecule has 1 aliphatic rings. The third-order valence-electron chi connectivity index (χ3n) is 4.05. The number of rotatable bonds is 6. The van der Waals surface area contributed by atoms with Crippen LogP contribution in [-0.2, 0) is 24.7 Å². The highest BCUT2D eigenvalue weighted by atomic mass is 32.2. The van der Waals surface area contributed by atoms with E-state index >= 15 is 0 Å². The van der Waals surface area contributed by atoms with E-state index < -0.39 is 43.5 Å². The zero-order valence-corrected chi connectivity index (χ0v) is 16.3. The SMILES string of the molecule is CCN([C@H]1CS(=O)(=O)C[C@@H]1O)S(=O)(=O)c1cc(NC(C)=O)ccc1OC. The summed E-state index contributed by atoms with van der Waals surface area (Å²) in [7, 11) is -6.41. The maximum absolute atomic E-state index is 13.2. The molecule has 0 aliphatic carbocycles. The van der Waals surface area contributed by atoms with Crippen molar-refractivity contribution in [2.75, 3.05) is 30.5 Å². The van der Waals surface area contributed by atoms with Crippen molar-refractivity contribution >= 4 is 31.5 Å². The summed E-state index contributed by atoms with van der Waals surface area (Å²) in [6.45, 7) is 2.81. The predicted octanol–water partition coefficient (Wildman–Crippen LogP) is -0.178. The molecule has 0 radical (unpaired) electrons. The van der Waals surface area contributed by atoms with Crippen molar-refractivity contribution in [3.8, 4) is 5.75 Å². The number of likely N-dealkylation sites (N-methyl/N-ethyl adjacent to an activating group) is 1. The molecule has 1 aromatic carbocycles. The third-order valence-corrected chi connectivity index (χ3v) is 7.77. The first-order valence-electron chi connectivity index (χ1n) is 7.87. The lowest BCUT2D eigenvalue weighted by Crippen LogP contribution is -2.46. The largest absolute Gasteiger partial charge is 0.495 e. The van der Waals surface area contributed by atoms with Crippen LogP contribution in [0.15, 0.2) is 23.1 Å². The average Bonchev–Trinajstić information content (AvgIpc) is 2.79. The Morgan fingerprint density at radius 2 is 2.04 bits per heavy atom. The van der Waals surface area contributed by atoms with Crippen molar-refractivity contribution in [2.45, 2.75) is 30.9 Å². The fraction of sp³-hybridized carbons (Fsp3) is 0.533. The predicted molar refractivity (Wildman–Crippen MR) is 95.3 cm³/mol. The van der Waals surface area contributed by atoms with Crippen LogP contribution in [-0.4, -0.2) is 69.5 Å². The Morgan fingerprint density at radius 3 is 2.50 bits per heavy atom. The van der Waals surface area contributed by atoms with Crippen molar-refractivity contribution in [1.82, 2.24) is 4.31 Å². The second kappa shape index (κ2) is 7.51. The van der Waals surface area contributed by atoms with E-state index in [0.717, 1.165) is 4.31 Å². The Morgan fingerprint density at radius 1 is 1.38 bits per heavy atom. The number of ether oxygens (including phenoxy) is 1. The van der Waals surface area contributed by atoms with E-state index in [-0.39, 0.29) is 28.8 Å². The minimum Gasteiger partial charge on any atom is -0.495 e. The number of sulfonamides is 1. The number of carbonyl (C=O) groups excluding carboxylic acids is 1. The molecule has 1 amide bonds. The second-order valence-corrected chi connectivity index (χ2v) is 9.98. The van der Waals surface area contributed by atoms with Gasteiger partial charge in [-0.1, -0.05) is 6.92 Å². The summed E-state index contributed by atoms with van der Waals surface area (Å²) in [4.78, 5) is 11.0. The molecule has 0 unspecified atom stereocenters. The van der Waals surface area contributed by atoms with E-state index in [1.807, 2.05) is 0 Å². The number of anilines is 1. The van der Waals surface area contributed by atoms with Gasteiger partial charge in [0.05, 0.1) is 30.8 Å². The van der Waals surface area contributed by atoms with Gasteiger partial charge in [0, 0.05) is 19.2 Å². The summed E-state index contributed by atoms with van der Waals surface area (Å²) >= 11 is 0. The van der Waals surface area contributed by atoms with Gasteiger partial charge in [-0.05, 0) is 18.2 Å². The molecule has 0 aromatic heterocycles. The van der Waals surface area contributed by atoms with E-state index in [2.05, 4.69) is 5.32 Å². The van der Waals surface area contributed by atoms with Crippen LogP contribution >= 0.6 is 0 Å². The Bertz CT molecular complexity index is 897. The van der Waals surface area contributed by atoms with Crippen molar-refractivity contribution in [3.63, 3.8) is 0 Å². The molecule has 0 saturated carbocycles. The third kappa shape index (κ3) is 4.17. The summed E-state index contributed by atoms with van der Waals surface area (Å²) in [5.41, 5.74) is 0.257. The number of hydrogen-bond donors (Lipinski definition) is 2. The van der Waals surface area contributed by atoms with Crippen LogP contribution in [0, 0.1) is 0 Å². The number of sulfone groups is 1. The summed E-state index contributed by atoms with van der Waals surface area (Å²) in [6.07, 6.45) is -1.31. The van der Waals surface area contributed by atoms with E-state index in [0.29, 0.717) is 0 Å². The Labute approximate surface area is 152 Å². The fourth-order valence-electron chi connectivity index (χ4n) is 2.95. The van der Waals surface area contributed by atoms with E-state index in [4.69, 9.17) is 4.74 Å². The standard InChI is InChI=1S/C15H22N2O7S2/c1-4-17(12-8-25(20,21)9-13(12)19)26(22,23)15-7-11(16-10(2)18)5-6-14(15)24-3/h5-7,12-13,19H,4,8-9H2,1-3H3,(H,16,18)/t12-,13-/m0/s1. The van der Waals surface area contributed by atoms with Gasteiger partial charge in [0.2, 0.25) is 15.9 Å². The second-order valence-electron chi connectivity index (χ2n) is 5.97. The topological polar surface area (TPSA) is 130 Å². The van der Waals surface area contributed by atoms with Gasteiger partial charge in [-0.3, -0.25) is 4.79 Å². The van der Waals surface area contributed by atoms with Crippen molar-refractivity contribution in [3.05, 3.63) is 18.2 Å². The molecular formula is C15H22N2O7S2. The molecule has 26 heavy (non-hydrogen) atoms. The minimum absolute atomic E-state index is 0.0346. The molecule has 9 nitrogen and oxygen atoms in total. The number of methoxy groups -OCH3 is 1. The van der Waals surface area contributed by atoms with E-state index in [9.17, 15) is 26.7 Å². The van der Waals surface area contributed by atoms with Crippen LogP contribution in [0.25, 0.3) is 0 Å². The summed E-state index contributed by atoms with van der Waals surface area (Å²) < 4.78 is 55.9. The summed E-state index contributed by atoms with van der Waals surface area (Å²) in [5.74, 6) is -1.25. The van der Waals surface area contributed by atoms with Gasteiger partial charge in [-0.25, -0.2) is 16.8 Å². The highest BCUT2D eigenvalue weighted by Gasteiger charge is 2.44. The van der Waals surface area contributed by atoms with Crippen LogP contribution in [0.5, 0.6) is 5.75 Å². The smallest absolute Gasteiger partial charge is 0.247 e. The first kappa shape index (κ1) is 20.6. The quantitative estimate of drug-likeness (QED) is 0.670. The lowest BCUT2D eigenvalue weighted by Gasteiger charge is -2.28. The maximum Gasteiger partial charge on any atom is 0.247 e. The number of aliphatic hydroxyl groups is 1. The lowest BCUT2D eigenvalue weighted by atomic mass is 10.2. The summed E-state index contributed by atoms with van der Waals surface area (Å²) in [5, 5.41) is 12.6. The van der Waals surface area contributed by atoms with Gasteiger partial charge in [0.15, 0.2) is 9.84 Å². The first-order chi connectivity index (χ1) is 12.0. The molecule has 146 valence electrons.